The monoisotopic (exact) mass is 466 g/mol. The van der Waals surface area contributed by atoms with Crippen molar-refractivity contribution < 1.29 is 23.9 Å². The Morgan fingerprint density at radius 1 is 1.06 bits per heavy atom. The maximum atomic E-state index is 13.0. The number of pyridine rings is 1. The molecule has 0 aliphatic rings. The molecule has 1 amide bonds. The Labute approximate surface area is 194 Å². The Balaban J connectivity index is 1.94. The van der Waals surface area contributed by atoms with Gasteiger partial charge in [0.2, 0.25) is 5.13 Å². The van der Waals surface area contributed by atoms with Crippen molar-refractivity contribution in [2.75, 3.05) is 18.5 Å². The van der Waals surface area contributed by atoms with E-state index in [0.29, 0.717) is 16.3 Å². The molecule has 0 saturated heterocycles. The number of ether oxygens (including phenoxy) is 2. The SMILES string of the molecule is CCOC(=O)C(C=Nc1nc(-c2ccccc2)c(C(=O)Nc2cccnc2)s1)C(=O)OCC. The van der Waals surface area contributed by atoms with Gasteiger partial charge in [-0.15, -0.1) is 0 Å². The largest absolute Gasteiger partial charge is 0.465 e. The molecule has 0 aliphatic heterocycles. The zero-order valence-corrected chi connectivity index (χ0v) is 18.9. The first-order valence-electron chi connectivity index (χ1n) is 10.2. The van der Waals surface area contributed by atoms with Crippen LogP contribution in [0, 0.1) is 5.92 Å². The Morgan fingerprint density at radius 2 is 1.76 bits per heavy atom. The van der Waals surface area contributed by atoms with E-state index in [9.17, 15) is 14.4 Å². The standard InChI is InChI=1S/C23H22N4O5S/c1-3-31-21(29)17(22(30)32-4-2)14-25-23-27-18(15-9-6-5-7-10-15)19(33-23)20(28)26-16-11-8-12-24-13-16/h5-14,17H,3-4H2,1-2H3,(H,26,28). The van der Waals surface area contributed by atoms with Crippen molar-refractivity contribution in [2.45, 2.75) is 13.8 Å². The Morgan fingerprint density at radius 3 is 2.36 bits per heavy atom. The number of amides is 1. The van der Waals surface area contributed by atoms with Gasteiger partial charge >= 0.3 is 11.9 Å². The average molecular weight is 467 g/mol. The fourth-order valence-electron chi connectivity index (χ4n) is 2.75. The fraction of sp³-hybridized carbons (Fsp3) is 0.217. The molecule has 10 heteroatoms. The molecule has 0 unspecified atom stereocenters. The minimum absolute atomic E-state index is 0.108. The van der Waals surface area contributed by atoms with Gasteiger partial charge in [0.25, 0.3) is 5.91 Å². The van der Waals surface area contributed by atoms with E-state index in [1.807, 2.05) is 30.3 Å². The van der Waals surface area contributed by atoms with Gasteiger partial charge in [0.15, 0.2) is 5.92 Å². The van der Waals surface area contributed by atoms with Crippen molar-refractivity contribution in [3.63, 3.8) is 0 Å². The van der Waals surface area contributed by atoms with Gasteiger partial charge in [-0.1, -0.05) is 41.7 Å². The molecule has 0 atom stereocenters. The van der Waals surface area contributed by atoms with Gasteiger partial charge in [-0.3, -0.25) is 19.4 Å². The number of thiazole rings is 1. The van der Waals surface area contributed by atoms with Crippen molar-refractivity contribution >= 4 is 46.2 Å². The number of hydrogen-bond donors (Lipinski definition) is 1. The number of esters is 2. The smallest absolute Gasteiger partial charge is 0.325 e. The maximum Gasteiger partial charge on any atom is 0.325 e. The third kappa shape index (κ3) is 6.30. The van der Waals surface area contributed by atoms with E-state index in [1.54, 1.807) is 32.2 Å². The molecule has 0 spiro atoms. The molecule has 33 heavy (non-hydrogen) atoms. The van der Waals surface area contributed by atoms with Crippen LogP contribution < -0.4 is 5.32 Å². The van der Waals surface area contributed by atoms with Gasteiger partial charge in [0, 0.05) is 18.0 Å². The Kier molecular flexibility index (Phi) is 8.36. The van der Waals surface area contributed by atoms with Gasteiger partial charge in [-0.05, 0) is 26.0 Å². The molecule has 2 heterocycles. The van der Waals surface area contributed by atoms with Gasteiger partial charge in [0.1, 0.15) is 4.88 Å². The summed E-state index contributed by atoms with van der Waals surface area (Å²) in [6.07, 6.45) is 4.27. The lowest BCUT2D eigenvalue weighted by atomic mass is 10.1. The van der Waals surface area contributed by atoms with Crippen LogP contribution in [0.25, 0.3) is 11.3 Å². The number of hydrogen-bond acceptors (Lipinski definition) is 9. The molecule has 3 rings (SSSR count). The van der Waals surface area contributed by atoms with E-state index in [4.69, 9.17) is 9.47 Å². The normalized spacial score (nSPS) is 10.9. The van der Waals surface area contributed by atoms with Gasteiger partial charge in [-0.25, -0.2) is 9.98 Å². The number of rotatable bonds is 9. The molecular weight excluding hydrogens is 444 g/mol. The zero-order chi connectivity index (χ0) is 23.6. The molecule has 0 fully saturated rings. The van der Waals surface area contributed by atoms with E-state index >= 15 is 0 Å². The molecule has 9 nitrogen and oxygen atoms in total. The summed E-state index contributed by atoms with van der Waals surface area (Å²) in [7, 11) is 0. The van der Waals surface area contributed by atoms with Crippen molar-refractivity contribution in [3.05, 3.63) is 59.7 Å². The number of carbonyl (C=O) groups excluding carboxylic acids is 3. The summed E-state index contributed by atoms with van der Waals surface area (Å²) in [6.45, 7) is 3.49. The average Bonchev–Trinajstić information content (AvgIpc) is 3.25. The molecule has 3 aromatic rings. The van der Waals surface area contributed by atoms with Crippen LogP contribution in [0.1, 0.15) is 23.5 Å². The first kappa shape index (κ1) is 23.7. The van der Waals surface area contributed by atoms with Crippen LogP contribution >= 0.6 is 11.3 Å². The van der Waals surface area contributed by atoms with Gasteiger partial charge < -0.3 is 14.8 Å². The third-order valence-electron chi connectivity index (χ3n) is 4.20. The van der Waals surface area contributed by atoms with E-state index < -0.39 is 17.9 Å². The number of benzene rings is 1. The molecular formula is C23H22N4O5S. The van der Waals surface area contributed by atoms with Crippen molar-refractivity contribution in [1.82, 2.24) is 9.97 Å². The van der Waals surface area contributed by atoms with Crippen LogP contribution in [-0.4, -0.2) is 47.2 Å². The van der Waals surface area contributed by atoms with E-state index in [1.165, 1.54) is 6.20 Å². The quantitative estimate of drug-likeness (QED) is 0.288. The summed E-state index contributed by atoms with van der Waals surface area (Å²) >= 11 is 1.03. The van der Waals surface area contributed by atoms with E-state index in [-0.39, 0.29) is 24.3 Å². The zero-order valence-electron chi connectivity index (χ0n) is 18.1. The molecule has 1 aromatic carbocycles. The first-order valence-corrected chi connectivity index (χ1v) is 11.0. The first-order chi connectivity index (χ1) is 16.0. The topological polar surface area (TPSA) is 120 Å². The highest BCUT2D eigenvalue weighted by Gasteiger charge is 2.28. The molecule has 0 radical (unpaired) electrons. The van der Waals surface area contributed by atoms with Crippen molar-refractivity contribution in [2.24, 2.45) is 10.9 Å². The highest BCUT2D eigenvalue weighted by atomic mass is 32.1. The summed E-state index contributed by atoms with van der Waals surface area (Å²) in [4.78, 5) is 50.3. The highest BCUT2D eigenvalue weighted by molar-refractivity contribution is 7.17. The van der Waals surface area contributed by atoms with E-state index in [0.717, 1.165) is 23.1 Å². The number of carbonyl (C=O) groups is 3. The van der Waals surface area contributed by atoms with Crippen molar-refractivity contribution in [1.29, 1.82) is 0 Å². The fourth-order valence-corrected chi connectivity index (χ4v) is 3.59. The molecule has 2 aromatic heterocycles. The number of anilines is 1. The summed E-state index contributed by atoms with van der Waals surface area (Å²) in [5.74, 6) is -3.25. The Bertz CT molecular complexity index is 1110. The second-order valence-corrected chi connectivity index (χ2v) is 7.47. The predicted molar refractivity (Wildman–Crippen MR) is 125 cm³/mol. The second kappa shape index (κ2) is 11.6. The number of aromatic nitrogens is 2. The lowest BCUT2D eigenvalue weighted by Crippen LogP contribution is -2.29. The third-order valence-corrected chi connectivity index (χ3v) is 5.17. The molecule has 0 aliphatic carbocycles. The summed E-state index contributed by atoms with van der Waals surface area (Å²) in [6, 6.07) is 12.6. The Hall–Kier alpha value is -3.92. The summed E-state index contributed by atoms with van der Waals surface area (Å²) in [5.41, 5.74) is 1.68. The lowest BCUT2D eigenvalue weighted by molar-refractivity contribution is -0.157. The van der Waals surface area contributed by atoms with E-state index in [2.05, 4.69) is 20.3 Å². The molecule has 0 saturated carbocycles. The minimum atomic E-state index is -1.33. The minimum Gasteiger partial charge on any atom is -0.465 e. The predicted octanol–water partition coefficient (Wildman–Crippen LogP) is 3.90. The number of nitrogens with one attached hydrogen (secondary N) is 1. The number of aliphatic imine (C=N–C) groups is 1. The van der Waals surface area contributed by atoms with Crippen LogP contribution in [-0.2, 0) is 19.1 Å². The van der Waals surface area contributed by atoms with Crippen LogP contribution in [0.15, 0.2) is 59.9 Å². The molecule has 0 bridgehead atoms. The van der Waals surface area contributed by atoms with Crippen LogP contribution in [0.5, 0.6) is 0 Å². The van der Waals surface area contributed by atoms with Crippen LogP contribution in [0.2, 0.25) is 0 Å². The number of nitrogens with zero attached hydrogens (tertiary/aromatic N) is 3. The molecule has 1 N–H and O–H groups in total. The van der Waals surface area contributed by atoms with Crippen LogP contribution in [0.4, 0.5) is 10.8 Å². The lowest BCUT2D eigenvalue weighted by Gasteiger charge is -2.09. The maximum absolute atomic E-state index is 13.0. The van der Waals surface area contributed by atoms with Crippen molar-refractivity contribution in [3.8, 4) is 11.3 Å². The summed E-state index contributed by atoms with van der Waals surface area (Å²) < 4.78 is 9.89. The second-order valence-electron chi connectivity index (χ2n) is 6.50. The van der Waals surface area contributed by atoms with Gasteiger partial charge in [-0.2, -0.15) is 0 Å². The highest BCUT2D eigenvalue weighted by Crippen LogP contribution is 2.33. The van der Waals surface area contributed by atoms with Gasteiger partial charge in [0.05, 0.1) is 30.8 Å². The summed E-state index contributed by atoms with van der Waals surface area (Å²) in [5, 5.41) is 2.98. The van der Waals surface area contributed by atoms with Crippen LogP contribution in [0.3, 0.4) is 0 Å². The molecule has 170 valence electrons.